The average molecular weight is 483 g/mol. The fourth-order valence-corrected chi connectivity index (χ4v) is 3.93. The van der Waals surface area contributed by atoms with Gasteiger partial charge in [-0.3, -0.25) is 14.4 Å². The van der Waals surface area contributed by atoms with Crippen molar-refractivity contribution in [2.45, 2.75) is 44.8 Å². The monoisotopic (exact) mass is 482 g/mol. The van der Waals surface area contributed by atoms with Gasteiger partial charge in [0, 0.05) is 45.8 Å². The molecule has 2 aromatic rings. The van der Waals surface area contributed by atoms with Gasteiger partial charge in [-0.1, -0.05) is 35.9 Å². The van der Waals surface area contributed by atoms with E-state index in [1.54, 1.807) is 31.5 Å². The summed E-state index contributed by atoms with van der Waals surface area (Å²) in [5.74, 6) is -0.492. The number of pyridine rings is 1. The van der Waals surface area contributed by atoms with Crippen molar-refractivity contribution in [2.24, 2.45) is 0 Å². The number of ether oxygens (including phenoxy) is 2. The van der Waals surface area contributed by atoms with Crippen LogP contribution in [-0.4, -0.2) is 67.1 Å². The first-order chi connectivity index (χ1) is 17.0. The Morgan fingerprint density at radius 3 is 2.63 bits per heavy atom. The van der Waals surface area contributed by atoms with Crippen LogP contribution in [0.2, 0.25) is 0 Å². The summed E-state index contributed by atoms with van der Waals surface area (Å²) in [6, 6.07) is 11.9. The van der Waals surface area contributed by atoms with Gasteiger partial charge in [-0.25, -0.2) is 4.98 Å². The molecule has 1 saturated heterocycles. The van der Waals surface area contributed by atoms with Gasteiger partial charge in [-0.05, 0) is 37.5 Å². The fourth-order valence-electron chi connectivity index (χ4n) is 3.93. The zero-order valence-corrected chi connectivity index (χ0v) is 20.4. The third-order valence-corrected chi connectivity index (χ3v) is 5.84. The summed E-state index contributed by atoms with van der Waals surface area (Å²) in [6.07, 6.45) is 3.35. The lowest BCUT2D eigenvalue weighted by Crippen LogP contribution is -2.46. The number of hydrogen-bond acceptors (Lipinski definition) is 6. The predicted octanol–water partition coefficient (Wildman–Crippen LogP) is 2.62. The molecular weight excluding hydrogens is 448 g/mol. The molecule has 0 bridgehead atoms. The van der Waals surface area contributed by atoms with Crippen LogP contribution in [0.1, 0.15) is 42.9 Å². The molecule has 0 radical (unpaired) electrons. The Hall–Kier alpha value is -3.30. The number of methoxy groups -OCH3 is 1. The van der Waals surface area contributed by atoms with Gasteiger partial charge in [-0.15, -0.1) is 0 Å². The Morgan fingerprint density at radius 1 is 1.17 bits per heavy atom. The standard InChI is InChI=1S/C26H34N4O5/c1-19-8-10-20(11-9-19)25(26(33)28-18-21-6-5-16-35-21)30(15-17-34-2)24(32)13-12-23(31)29-22-7-3-4-14-27-22/h3-4,7-11,14,21,25H,5-6,12-13,15-18H2,1-2H3,(H,28,33)(H,27,29,31)/t21-,25+/m0/s1. The predicted molar refractivity (Wildman–Crippen MR) is 132 cm³/mol. The molecule has 1 aromatic carbocycles. The van der Waals surface area contributed by atoms with Crippen molar-refractivity contribution in [2.75, 3.05) is 38.7 Å². The molecule has 1 aliphatic heterocycles. The number of anilines is 1. The maximum Gasteiger partial charge on any atom is 0.247 e. The van der Waals surface area contributed by atoms with Crippen LogP contribution in [0.25, 0.3) is 0 Å². The van der Waals surface area contributed by atoms with E-state index in [1.807, 2.05) is 31.2 Å². The molecule has 1 fully saturated rings. The van der Waals surface area contributed by atoms with Crippen LogP contribution in [-0.2, 0) is 23.9 Å². The lowest BCUT2D eigenvalue weighted by molar-refractivity contribution is -0.142. The normalized spacial score (nSPS) is 15.9. The van der Waals surface area contributed by atoms with Gasteiger partial charge in [-0.2, -0.15) is 0 Å². The summed E-state index contributed by atoms with van der Waals surface area (Å²) < 4.78 is 10.8. The Bertz CT molecular complexity index is 961. The molecule has 9 nitrogen and oxygen atoms in total. The van der Waals surface area contributed by atoms with Crippen molar-refractivity contribution in [3.05, 3.63) is 59.8 Å². The van der Waals surface area contributed by atoms with E-state index in [2.05, 4.69) is 15.6 Å². The van der Waals surface area contributed by atoms with Crippen molar-refractivity contribution in [3.8, 4) is 0 Å². The molecule has 9 heteroatoms. The van der Waals surface area contributed by atoms with E-state index in [9.17, 15) is 14.4 Å². The van der Waals surface area contributed by atoms with Gasteiger partial charge in [0.1, 0.15) is 11.9 Å². The first-order valence-corrected chi connectivity index (χ1v) is 11.9. The third kappa shape index (κ3) is 8.15. The quantitative estimate of drug-likeness (QED) is 0.481. The van der Waals surface area contributed by atoms with Crippen molar-refractivity contribution in [3.63, 3.8) is 0 Å². The molecule has 35 heavy (non-hydrogen) atoms. The van der Waals surface area contributed by atoms with E-state index in [0.29, 0.717) is 24.5 Å². The minimum absolute atomic E-state index is 0.0176. The van der Waals surface area contributed by atoms with Crippen LogP contribution in [0.4, 0.5) is 5.82 Å². The van der Waals surface area contributed by atoms with Crippen molar-refractivity contribution < 1.29 is 23.9 Å². The molecule has 0 saturated carbocycles. The number of aromatic nitrogens is 1. The number of aryl methyl sites for hydroxylation is 1. The van der Waals surface area contributed by atoms with Crippen LogP contribution in [0, 0.1) is 6.92 Å². The van der Waals surface area contributed by atoms with Crippen LogP contribution >= 0.6 is 0 Å². The first-order valence-electron chi connectivity index (χ1n) is 11.9. The van der Waals surface area contributed by atoms with E-state index < -0.39 is 6.04 Å². The maximum atomic E-state index is 13.4. The molecule has 2 heterocycles. The smallest absolute Gasteiger partial charge is 0.247 e. The van der Waals surface area contributed by atoms with E-state index in [0.717, 1.165) is 18.4 Å². The number of benzene rings is 1. The summed E-state index contributed by atoms with van der Waals surface area (Å²) in [6.45, 7) is 3.52. The van der Waals surface area contributed by atoms with Crippen LogP contribution in [0.3, 0.4) is 0 Å². The summed E-state index contributed by atoms with van der Waals surface area (Å²) in [7, 11) is 1.54. The molecule has 188 valence electrons. The molecule has 3 amide bonds. The summed E-state index contributed by atoms with van der Waals surface area (Å²) in [5.41, 5.74) is 1.75. The molecular formula is C26H34N4O5. The van der Waals surface area contributed by atoms with Gasteiger partial charge in [0.2, 0.25) is 17.7 Å². The lowest BCUT2D eigenvalue weighted by atomic mass is 10.0. The van der Waals surface area contributed by atoms with Crippen LogP contribution in [0.15, 0.2) is 48.7 Å². The number of rotatable bonds is 12. The van der Waals surface area contributed by atoms with E-state index >= 15 is 0 Å². The zero-order valence-electron chi connectivity index (χ0n) is 20.4. The maximum absolute atomic E-state index is 13.4. The van der Waals surface area contributed by atoms with Gasteiger partial charge < -0.3 is 25.0 Å². The summed E-state index contributed by atoms with van der Waals surface area (Å²) in [5, 5.41) is 5.64. The van der Waals surface area contributed by atoms with Crippen molar-refractivity contribution in [1.29, 1.82) is 0 Å². The second-order valence-electron chi connectivity index (χ2n) is 8.54. The highest BCUT2D eigenvalue weighted by Crippen LogP contribution is 2.24. The highest BCUT2D eigenvalue weighted by Gasteiger charge is 2.32. The largest absolute Gasteiger partial charge is 0.383 e. The topological polar surface area (TPSA) is 110 Å². The van der Waals surface area contributed by atoms with Crippen LogP contribution in [0.5, 0.6) is 0 Å². The Morgan fingerprint density at radius 2 is 1.97 bits per heavy atom. The third-order valence-electron chi connectivity index (χ3n) is 5.84. The minimum atomic E-state index is -0.849. The lowest BCUT2D eigenvalue weighted by Gasteiger charge is -2.31. The number of carbonyl (C=O) groups is 3. The number of amides is 3. The molecule has 3 rings (SSSR count). The van der Waals surface area contributed by atoms with E-state index in [1.165, 1.54) is 4.90 Å². The molecule has 2 N–H and O–H groups in total. The SMILES string of the molecule is COCCN(C(=O)CCC(=O)Nc1ccccn1)[C@@H](C(=O)NC[C@@H]1CCCO1)c1ccc(C)cc1. The molecule has 0 aliphatic carbocycles. The molecule has 2 atom stereocenters. The number of nitrogens with zero attached hydrogens (tertiary/aromatic N) is 2. The van der Waals surface area contributed by atoms with Gasteiger partial charge in [0.15, 0.2) is 0 Å². The fraction of sp³-hybridized carbons (Fsp3) is 0.462. The number of carbonyl (C=O) groups excluding carboxylic acids is 3. The number of nitrogens with one attached hydrogen (secondary N) is 2. The zero-order chi connectivity index (χ0) is 25.0. The molecule has 1 aliphatic rings. The summed E-state index contributed by atoms with van der Waals surface area (Å²) in [4.78, 5) is 44.6. The Kier molecular flexibility index (Phi) is 10.2. The molecule has 0 unspecified atom stereocenters. The average Bonchev–Trinajstić information content (AvgIpc) is 3.39. The van der Waals surface area contributed by atoms with E-state index in [-0.39, 0.29) is 49.8 Å². The van der Waals surface area contributed by atoms with Gasteiger partial charge >= 0.3 is 0 Å². The van der Waals surface area contributed by atoms with E-state index in [4.69, 9.17) is 9.47 Å². The molecule has 0 spiro atoms. The Balaban J connectivity index is 1.73. The minimum Gasteiger partial charge on any atom is -0.383 e. The Labute approximate surface area is 206 Å². The first kappa shape index (κ1) is 26.3. The highest BCUT2D eigenvalue weighted by atomic mass is 16.5. The highest BCUT2D eigenvalue weighted by molar-refractivity contribution is 5.94. The van der Waals surface area contributed by atoms with Crippen molar-refractivity contribution in [1.82, 2.24) is 15.2 Å². The van der Waals surface area contributed by atoms with Gasteiger partial charge in [0.05, 0.1) is 12.7 Å². The van der Waals surface area contributed by atoms with Crippen molar-refractivity contribution >= 4 is 23.5 Å². The van der Waals surface area contributed by atoms with Crippen LogP contribution < -0.4 is 10.6 Å². The second-order valence-corrected chi connectivity index (χ2v) is 8.54. The second kappa shape index (κ2) is 13.6. The number of hydrogen-bond donors (Lipinski definition) is 2. The van der Waals surface area contributed by atoms with Gasteiger partial charge in [0.25, 0.3) is 0 Å². The summed E-state index contributed by atoms with van der Waals surface area (Å²) >= 11 is 0. The molecule has 1 aromatic heterocycles.